The number of benzene rings is 2. The summed E-state index contributed by atoms with van der Waals surface area (Å²) in [7, 11) is -3.47. The minimum absolute atomic E-state index is 0.317. The number of sulfonamides is 1. The lowest BCUT2D eigenvalue weighted by Gasteiger charge is -2.34. The minimum Gasteiger partial charge on any atom is -0.506 e. The van der Waals surface area contributed by atoms with E-state index in [9.17, 15) is 13.5 Å². The normalized spacial score (nSPS) is 19.4. The van der Waals surface area contributed by atoms with Gasteiger partial charge in [0.2, 0.25) is 10.0 Å². The smallest absolute Gasteiger partial charge is 0.243 e. The molecule has 2 heterocycles. The maximum absolute atomic E-state index is 12.9. The second-order valence-electron chi connectivity index (χ2n) is 7.57. The van der Waals surface area contributed by atoms with Crippen molar-refractivity contribution >= 4 is 15.7 Å². The molecule has 0 aliphatic carbocycles. The van der Waals surface area contributed by atoms with Gasteiger partial charge in [0.05, 0.1) is 50.0 Å². The van der Waals surface area contributed by atoms with Crippen LogP contribution in [0.4, 0.5) is 5.69 Å². The molecule has 0 spiro atoms. The fraction of sp³-hybridized carbons (Fsp3) is 0.429. The van der Waals surface area contributed by atoms with Gasteiger partial charge in [0.15, 0.2) is 0 Å². The van der Waals surface area contributed by atoms with E-state index in [1.807, 2.05) is 36.4 Å². The number of morpholine rings is 1. The molecule has 4 rings (SSSR count). The number of phenolic OH excluding ortho intramolecular Hbond substituents is 1. The lowest BCUT2D eigenvalue weighted by atomic mass is 10.2. The summed E-state index contributed by atoms with van der Waals surface area (Å²) in [6.07, 6.45) is 0. The molecule has 0 aromatic heterocycles. The predicted octanol–water partition coefficient (Wildman–Crippen LogP) is 0.318. The van der Waals surface area contributed by atoms with E-state index < -0.39 is 10.0 Å². The lowest BCUT2D eigenvalue weighted by Crippen LogP contribution is -3.13. The van der Waals surface area contributed by atoms with Crippen LogP contribution < -0.4 is 9.80 Å². The molecule has 0 saturated carbocycles. The van der Waals surface area contributed by atoms with E-state index in [0.29, 0.717) is 36.9 Å². The van der Waals surface area contributed by atoms with Gasteiger partial charge in [-0.3, -0.25) is 0 Å². The molecule has 2 aromatic rings. The fourth-order valence-corrected chi connectivity index (χ4v) is 5.49. The quantitative estimate of drug-likeness (QED) is 0.732. The summed E-state index contributed by atoms with van der Waals surface area (Å²) in [6, 6.07) is 14.8. The Bertz CT molecular complexity index is 936. The van der Waals surface area contributed by atoms with Crippen LogP contribution in [0.25, 0.3) is 0 Å². The standard InChI is InChI=1S/C21H27N3O4S/c25-21-7-2-1-6-20(21)23-10-8-22(9-11-23)17-18-4-3-5-19(16-18)29(26,27)24-12-14-28-15-13-24/h1-7,16,25H,8-15,17H2/p+1. The Balaban J connectivity index is 1.40. The molecule has 7 nitrogen and oxygen atoms in total. The number of quaternary nitrogens is 1. The van der Waals surface area contributed by atoms with Crippen molar-refractivity contribution in [3.63, 3.8) is 0 Å². The topological polar surface area (TPSA) is 74.5 Å². The molecule has 156 valence electrons. The molecule has 0 radical (unpaired) electrons. The molecule has 8 heteroatoms. The van der Waals surface area contributed by atoms with E-state index in [4.69, 9.17) is 4.74 Å². The van der Waals surface area contributed by atoms with E-state index in [1.54, 1.807) is 12.1 Å². The van der Waals surface area contributed by atoms with Crippen LogP contribution in [0, 0.1) is 0 Å². The van der Waals surface area contributed by atoms with Gasteiger partial charge in [-0.2, -0.15) is 4.31 Å². The SMILES string of the molecule is O=S(=O)(c1cccc(C[NH+]2CCN(c3ccccc3O)CC2)c1)N1CCOCC1. The molecule has 2 N–H and O–H groups in total. The zero-order valence-corrected chi connectivity index (χ0v) is 17.3. The van der Waals surface area contributed by atoms with Crippen molar-refractivity contribution in [1.29, 1.82) is 0 Å². The van der Waals surface area contributed by atoms with Crippen molar-refractivity contribution in [3.05, 3.63) is 54.1 Å². The fourth-order valence-electron chi connectivity index (χ4n) is 4.01. The van der Waals surface area contributed by atoms with E-state index in [0.717, 1.165) is 44.0 Å². The number of phenols is 1. The predicted molar refractivity (Wildman–Crippen MR) is 111 cm³/mol. The first-order chi connectivity index (χ1) is 14.0. The molecule has 0 unspecified atom stereocenters. The van der Waals surface area contributed by atoms with Crippen molar-refractivity contribution < 1.29 is 23.2 Å². The summed E-state index contributed by atoms with van der Waals surface area (Å²) in [6.45, 7) is 6.11. The molecule has 0 bridgehead atoms. The van der Waals surface area contributed by atoms with Gasteiger partial charge in [-0.1, -0.05) is 24.3 Å². The highest BCUT2D eigenvalue weighted by atomic mass is 32.2. The highest BCUT2D eigenvalue weighted by Gasteiger charge is 2.27. The molecular formula is C21H28N3O4S+. The van der Waals surface area contributed by atoms with Gasteiger partial charge in [-0.25, -0.2) is 8.42 Å². The number of nitrogens with zero attached hydrogens (tertiary/aromatic N) is 2. The Kier molecular flexibility index (Phi) is 6.05. The van der Waals surface area contributed by atoms with Gasteiger partial charge in [-0.05, 0) is 24.3 Å². The molecule has 2 fully saturated rings. The number of rotatable bonds is 5. The summed E-state index contributed by atoms with van der Waals surface area (Å²) in [4.78, 5) is 3.99. The van der Waals surface area contributed by atoms with Crippen LogP contribution in [-0.2, 0) is 21.3 Å². The zero-order valence-electron chi connectivity index (χ0n) is 16.5. The highest BCUT2D eigenvalue weighted by molar-refractivity contribution is 7.89. The third-order valence-electron chi connectivity index (χ3n) is 5.65. The molecule has 0 amide bonds. The molecule has 2 aromatic carbocycles. The maximum Gasteiger partial charge on any atom is 0.243 e. The van der Waals surface area contributed by atoms with Crippen molar-refractivity contribution in [2.75, 3.05) is 57.4 Å². The van der Waals surface area contributed by atoms with Gasteiger partial charge < -0.3 is 19.6 Å². The van der Waals surface area contributed by atoms with Gasteiger partial charge in [0.25, 0.3) is 0 Å². The number of nitrogens with one attached hydrogen (secondary N) is 1. The number of hydrogen-bond acceptors (Lipinski definition) is 5. The van der Waals surface area contributed by atoms with Crippen molar-refractivity contribution in [2.45, 2.75) is 11.4 Å². The molecule has 2 aliphatic rings. The van der Waals surface area contributed by atoms with Crippen LogP contribution in [0.5, 0.6) is 5.75 Å². The Morgan fingerprint density at radius 2 is 1.69 bits per heavy atom. The van der Waals surface area contributed by atoms with Crippen molar-refractivity contribution in [2.24, 2.45) is 0 Å². The van der Waals surface area contributed by atoms with Crippen LogP contribution in [0.3, 0.4) is 0 Å². The maximum atomic E-state index is 12.9. The number of para-hydroxylation sites is 2. The van der Waals surface area contributed by atoms with Crippen LogP contribution in [0.15, 0.2) is 53.4 Å². The lowest BCUT2D eigenvalue weighted by molar-refractivity contribution is -0.914. The van der Waals surface area contributed by atoms with E-state index in [1.165, 1.54) is 9.21 Å². The van der Waals surface area contributed by atoms with Gasteiger partial charge in [-0.15, -0.1) is 0 Å². The second-order valence-corrected chi connectivity index (χ2v) is 9.50. The molecule has 29 heavy (non-hydrogen) atoms. The number of ether oxygens (including phenoxy) is 1. The Morgan fingerprint density at radius 1 is 0.966 bits per heavy atom. The highest BCUT2D eigenvalue weighted by Crippen LogP contribution is 2.26. The van der Waals surface area contributed by atoms with Crippen molar-refractivity contribution in [1.82, 2.24) is 4.31 Å². The largest absolute Gasteiger partial charge is 0.506 e. The van der Waals surface area contributed by atoms with Crippen molar-refractivity contribution in [3.8, 4) is 5.75 Å². The average molecular weight is 419 g/mol. The third kappa shape index (κ3) is 4.56. The molecule has 2 saturated heterocycles. The number of anilines is 1. The second kappa shape index (κ2) is 8.71. The summed E-state index contributed by atoms with van der Waals surface area (Å²) in [5, 5.41) is 10.1. The van der Waals surface area contributed by atoms with E-state index in [2.05, 4.69) is 4.90 Å². The summed E-state index contributed by atoms with van der Waals surface area (Å²) >= 11 is 0. The Labute approximate surface area is 172 Å². The van der Waals surface area contributed by atoms with Crippen LogP contribution in [-0.4, -0.2) is 70.3 Å². The van der Waals surface area contributed by atoms with E-state index in [-0.39, 0.29) is 0 Å². The molecule has 0 atom stereocenters. The molecular weight excluding hydrogens is 390 g/mol. The van der Waals surface area contributed by atoms with E-state index >= 15 is 0 Å². The number of hydrogen-bond donors (Lipinski definition) is 2. The Morgan fingerprint density at radius 3 is 2.41 bits per heavy atom. The summed E-state index contributed by atoms with van der Waals surface area (Å²) < 4.78 is 32.6. The van der Waals surface area contributed by atoms with Crippen LogP contribution >= 0.6 is 0 Å². The third-order valence-corrected chi connectivity index (χ3v) is 7.55. The van der Waals surface area contributed by atoms with Gasteiger partial charge in [0, 0.05) is 18.7 Å². The zero-order chi connectivity index (χ0) is 20.3. The van der Waals surface area contributed by atoms with Gasteiger partial charge in [0.1, 0.15) is 12.3 Å². The average Bonchev–Trinajstić information content (AvgIpc) is 2.76. The number of piperazine rings is 1. The van der Waals surface area contributed by atoms with Crippen LogP contribution in [0.1, 0.15) is 5.56 Å². The summed E-state index contributed by atoms with van der Waals surface area (Å²) in [5.74, 6) is 0.317. The molecule has 2 aliphatic heterocycles. The Hall–Kier alpha value is -2.13. The monoisotopic (exact) mass is 418 g/mol. The first-order valence-electron chi connectivity index (χ1n) is 10.1. The summed E-state index contributed by atoms with van der Waals surface area (Å²) in [5.41, 5.74) is 1.91. The number of aromatic hydroxyl groups is 1. The van der Waals surface area contributed by atoms with Gasteiger partial charge >= 0.3 is 0 Å². The minimum atomic E-state index is -3.47. The first-order valence-corrected chi connectivity index (χ1v) is 11.5. The van der Waals surface area contributed by atoms with Crippen LogP contribution in [0.2, 0.25) is 0 Å². The first kappa shape index (κ1) is 20.2.